The van der Waals surface area contributed by atoms with Crippen LogP contribution in [0.15, 0.2) is 97.1 Å². The Balaban J connectivity index is 0.00000181. The van der Waals surface area contributed by atoms with Gasteiger partial charge in [-0.2, -0.15) is 35.4 Å². The third-order valence-electron chi connectivity index (χ3n) is 5.52. The average Bonchev–Trinajstić information content (AvgIpc) is 2.75. The maximum Gasteiger partial charge on any atom is 0 e. The van der Waals surface area contributed by atoms with E-state index in [-0.39, 0.29) is 32.7 Å². The van der Waals surface area contributed by atoms with Gasteiger partial charge in [-0.05, 0) is 10.8 Å². The third kappa shape index (κ3) is 3.27. The van der Waals surface area contributed by atoms with Crippen molar-refractivity contribution in [1.29, 1.82) is 0 Å². The SMILES string of the molecule is [Y].[c-]1c(-c2[c-]c3cc4ccccc4cc3cc2)ccc2cc3ccccc3cc12. The molecule has 0 nitrogen and oxygen atoms in total. The molecule has 0 saturated carbocycles. The first-order valence-corrected chi connectivity index (χ1v) is 9.54. The molecule has 6 aromatic carbocycles. The molecule has 29 heavy (non-hydrogen) atoms. The van der Waals surface area contributed by atoms with Crippen molar-refractivity contribution in [3.63, 3.8) is 0 Å². The van der Waals surface area contributed by atoms with E-state index in [1.807, 2.05) is 0 Å². The molecule has 0 spiro atoms. The van der Waals surface area contributed by atoms with Crippen LogP contribution in [0.2, 0.25) is 0 Å². The monoisotopic (exact) mass is 441 g/mol. The summed E-state index contributed by atoms with van der Waals surface area (Å²) < 4.78 is 0. The second-order valence-electron chi connectivity index (χ2n) is 7.32. The Morgan fingerprint density at radius 1 is 0.379 bits per heavy atom. The van der Waals surface area contributed by atoms with Crippen molar-refractivity contribution in [3.8, 4) is 11.1 Å². The summed E-state index contributed by atoms with van der Waals surface area (Å²) in [7, 11) is 0. The zero-order chi connectivity index (χ0) is 18.5. The fraction of sp³-hybridized carbons (Fsp3) is 0. The molecule has 0 heterocycles. The molecule has 0 aliphatic rings. The molecule has 0 unspecified atom stereocenters. The zero-order valence-corrected chi connectivity index (χ0v) is 18.7. The van der Waals surface area contributed by atoms with Gasteiger partial charge in [-0.1, -0.05) is 82.2 Å². The van der Waals surface area contributed by atoms with Gasteiger partial charge in [0, 0.05) is 32.7 Å². The van der Waals surface area contributed by atoms with E-state index >= 15 is 0 Å². The fourth-order valence-electron chi connectivity index (χ4n) is 4.04. The molecule has 0 aromatic heterocycles. The molecule has 0 bridgehead atoms. The summed E-state index contributed by atoms with van der Waals surface area (Å²) in [5, 5.41) is 9.74. The minimum atomic E-state index is 0. The zero-order valence-electron chi connectivity index (χ0n) is 15.8. The van der Waals surface area contributed by atoms with Gasteiger partial charge in [0.15, 0.2) is 0 Å². The summed E-state index contributed by atoms with van der Waals surface area (Å²) in [4.78, 5) is 0. The molecular formula is C28H16Y-2. The van der Waals surface area contributed by atoms with Crippen LogP contribution >= 0.6 is 0 Å². The Morgan fingerprint density at radius 2 is 0.759 bits per heavy atom. The van der Waals surface area contributed by atoms with Gasteiger partial charge in [-0.3, -0.25) is 0 Å². The van der Waals surface area contributed by atoms with E-state index < -0.39 is 0 Å². The molecule has 0 atom stereocenters. The minimum absolute atomic E-state index is 0. The molecule has 6 aromatic rings. The molecule has 0 aliphatic carbocycles. The second kappa shape index (κ2) is 7.37. The van der Waals surface area contributed by atoms with Crippen LogP contribution in [0.25, 0.3) is 54.2 Å². The largest absolute Gasteiger partial charge is 0.183 e. The van der Waals surface area contributed by atoms with Crippen LogP contribution in [0.1, 0.15) is 0 Å². The van der Waals surface area contributed by atoms with E-state index in [9.17, 15) is 0 Å². The molecule has 0 aliphatic heterocycles. The van der Waals surface area contributed by atoms with Gasteiger partial charge in [-0.25, -0.2) is 0 Å². The smallest absolute Gasteiger partial charge is 0 e. The fourth-order valence-corrected chi connectivity index (χ4v) is 4.04. The third-order valence-corrected chi connectivity index (χ3v) is 5.52. The van der Waals surface area contributed by atoms with Crippen molar-refractivity contribution in [2.75, 3.05) is 0 Å². The normalized spacial score (nSPS) is 11.2. The van der Waals surface area contributed by atoms with Crippen LogP contribution in [-0.4, -0.2) is 0 Å². The first-order chi connectivity index (χ1) is 13.8. The molecule has 0 amide bonds. The first kappa shape index (κ1) is 18.5. The second-order valence-corrected chi connectivity index (χ2v) is 7.32. The first-order valence-electron chi connectivity index (χ1n) is 9.54. The minimum Gasteiger partial charge on any atom is -0.183 e. The Bertz CT molecular complexity index is 1390. The summed E-state index contributed by atoms with van der Waals surface area (Å²) in [6, 6.07) is 41.8. The molecule has 133 valence electrons. The molecule has 0 N–H and O–H groups in total. The summed E-state index contributed by atoms with van der Waals surface area (Å²) in [5.41, 5.74) is 2.16. The van der Waals surface area contributed by atoms with E-state index in [0.717, 1.165) is 21.9 Å². The quantitative estimate of drug-likeness (QED) is 0.182. The van der Waals surface area contributed by atoms with Crippen LogP contribution in [0.5, 0.6) is 0 Å². The molecule has 1 radical (unpaired) electrons. The Hall–Kier alpha value is -2.54. The predicted octanol–water partition coefficient (Wildman–Crippen LogP) is 7.56. The van der Waals surface area contributed by atoms with Crippen LogP contribution in [-0.2, 0) is 32.7 Å². The van der Waals surface area contributed by atoms with Gasteiger partial charge in [0.25, 0.3) is 0 Å². The molecule has 1 heteroatoms. The van der Waals surface area contributed by atoms with Crippen molar-refractivity contribution in [3.05, 3.63) is 109 Å². The number of hydrogen-bond donors (Lipinski definition) is 0. The summed E-state index contributed by atoms with van der Waals surface area (Å²) in [6.45, 7) is 0. The van der Waals surface area contributed by atoms with Crippen molar-refractivity contribution >= 4 is 43.1 Å². The molecular weight excluding hydrogens is 425 g/mol. The number of hydrogen-bond acceptors (Lipinski definition) is 0. The Labute approximate surface area is 195 Å². The van der Waals surface area contributed by atoms with Gasteiger partial charge < -0.3 is 0 Å². The topological polar surface area (TPSA) is 0 Å². The Morgan fingerprint density at radius 3 is 1.17 bits per heavy atom. The predicted molar refractivity (Wildman–Crippen MR) is 120 cm³/mol. The number of benzene rings is 6. The van der Waals surface area contributed by atoms with E-state index in [1.54, 1.807) is 0 Å². The maximum absolute atomic E-state index is 3.61. The maximum atomic E-state index is 3.61. The standard InChI is InChI=1S/C28H16.Y/c1-3-7-21-15-27-17-23(9-11-25(27)13-19(21)5-1)24-10-12-26-14-20-6-2-4-8-22(20)16-28(26)18-24;/h1-16H;/q-2;. The van der Waals surface area contributed by atoms with Gasteiger partial charge in [0.05, 0.1) is 0 Å². The van der Waals surface area contributed by atoms with Gasteiger partial charge in [0.2, 0.25) is 0 Å². The van der Waals surface area contributed by atoms with Crippen LogP contribution in [0.4, 0.5) is 0 Å². The summed E-state index contributed by atoms with van der Waals surface area (Å²) >= 11 is 0. The molecule has 0 saturated heterocycles. The van der Waals surface area contributed by atoms with Crippen LogP contribution in [0.3, 0.4) is 0 Å². The molecule has 6 rings (SSSR count). The van der Waals surface area contributed by atoms with Crippen molar-refractivity contribution in [2.45, 2.75) is 0 Å². The molecule has 0 fully saturated rings. The van der Waals surface area contributed by atoms with Crippen LogP contribution < -0.4 is 0 Å². The van der Waals surface area contributed by atoms with Crippen molar-refractivity contribution in [2.24, 2.45) is 0 Å². The van der Waals surface area contributed by atoms with Crippen molar-refractivity contribution in [1.82, 2.24) is 0 Å². The summed E-state index contributed by atoms with van der Waals surface area (Å²) in [6.07, 6.45) is 0. The van der Waals surface area contributed by atoms with E-state index in [2.05, 4.69) is 109 Å². The Kier molecular flexibility index (Phi) is 4.70. The average molecular weight is 441 g/mol. The van der Waals surface area contributed by atoms with Crippen molar-refractivity contribution < 1.29 is 32.7 Å². The van der Waals surface area contributed by atoms with Gasteiger partial charge in [-0.15, -0.1) is 35.0 Å². The van der Waals surface area contributed by atoms with E-state index in [1.165, 1.54) is 32.3 Å². The van der Waals surface area contributed by atoms with Gasteiger partial charge >= 0.3 is 0 Å². The number of rotatable bonds is 1. The number of fused-ring (bicyclic) bond motifs is 4. The van der Waals surface area contributed by atoms with Crippen LogP contribution in [0, 0.1) is 12.1 Å². The van der Waals surface area contributed by atoms with Gasteiger partial charge in [0.1, 0.15) is 0 Å². The van der Waals surface area contributed by atoms with E-state index in [4.69, 9.17) is 0 Å². The summed E-state index contributed by atoms with van der Waals surface area (Å²) in [5.74, 6) is 0. The van der Waals surface area contributed by atoms with E-state index in [0.29, 0.717) is 0 Å².